The molecule has 0 atom stereocenters. The first-order valence-corrected chi connectivity index (χ1v) is 9.50. The highest BCUT2D eigenvalue weighted by Gasteiger charge is 2.54. The van der Waals surface area contributed by atoms with E-state index in [0.29, 0.717) is 51.7 Å². The Morgan fingerprint density at radius 1 is 0.963 bits per heavy atom. The van der Waals surface area contributed by atoms with Gasteiger partial charge in [0.1, 0.15) is 0 Å². The molecule has 5 rings (SSSR count). The molecule has 0 unspecified atom stereocenters. The molecule has 0 saturated carbocycles. The fraction of sp³-hybridized carbons (Fsp3) is 0.579. The molecule has 1 aromatic carbocycles. The molecule has 0 aromatic heterocycles. The van der Waals surface area contributed by atoms with Crippen LogP contribution in [0, 0.1) is 5.41 Å². The van der Waals surface area contributed by atoms with Crippen molar-refractivity contribution in [2.24, 2.45) is 5.41 Å². The largest absolute Gasteiger partial charge is 0.454 e. The monoisotopic (exact) mass is 373 g/mol. The van der Waals surface area contributed by atoms with E-state index in [9.17, 15) is 9.59 Å². The molecule has 8 nitrogen and oxygen atoms in total. The number of likely N-dealkylation sites (tertiary alicyclic amines) is 1. The van der Waals surface area contributed by atoms with Gasteiger partial charge in [0.05, 0.1) is 18.6 Å². The van der Waals surface area contributed by atoms with Crippen LogP contribution in [0.4, 0.5) is 10.5 Å². The van der Waals surface area contributed by atoms with Gasteiger partial charge in [-0.2, -0.15) is 0 Å². The van der Waals surface area contributed by atoms with E-state index >= 15 is 0 Å². The lowest BCUT2D eigenvalue weighted by Crippen LogP contribution is -2.66. The van der Waals surface area contributed by atoms with Crippen molar-refractivity contribution < 1.29 is 23.8 Å². The second kappa shape index (κ2) is 6.30. The number of ether oxygens (including phenoxy) is 3. The van der Waals surface area contributed by atoms with Gasteiger partial charge in [-0.3, -0.25) is 4.79 Å². The van der Waals surface area contributed by atoms with Gasteiger partial charge < -0.3 is 28.9 Å². The Morgan fingerprint density at radius 3 is 2.41 bits per heavy atom. The zero-order valence-corrected chi connectivity index (χ0v) is 15.2. The summed E-state index contributed by atoms with van der Waals surface area (Å²) in [6.07, 6.45) is 1.45. The first kappa shape index (κ1) is 16.7. The summed E-state index contributed by atoms with van der Waals surface area (Å²) in [4.78, 5) is 31.1. The molecule has 3 fully saturated rings. The average Bonchev–Trinajstić information content (AvgIpc) is 3.20. The van der Waals surface area contributed by atoms with Gasteiger partial charge in [0.15, 0.2) is 11.5 Å². The number of fused-ring (bicyclic) bond motifs is 1. The molecule has 3 saturated heterocycles. The maximum absolute atomic E-state index is 12.9. The summed E-state index contributed by atoms with van der Waals surface area (Å²) in [6.45, 7) is 4.70. The molecular formula is C19H23N3O5. The molecule has 1 spiro atoms. The van der Waals surface area contributed by atoms with E-state index in [1.54, 1.807) is 4.90 Å². The van der Waals surface area contributed by atoms with Gasteiger partial charge in [-0.15, -0.1) is 0 Å². The van der Waals surface area contributed by atoms with Crippen molar-refractivity contribution in [2.75, 3.05) is 57.6 Å². The molecule has 144 valence electrons. The quantitative estimate of drug-likeness (QED) is 0.694. The van der Waals surface area contributed by atoms with Crippen LogP contribution in [0.2, 0.25) is 0 Å². The summed E-state index contributed by atoms with van der Waals surface area (Å²) in [6, 6.07) is 5.69. The highest BCUT2D eigenvalue weighted by Crippen LogP contribution is 2.46. The summed E-state index contributed by atoms with van der Waals surface area (Å²) >= 11 is 0. The minimum absolute atomic E-state index is 0.0764. The van der Waals surface area contributed by atoms with E-state index in [-0.39, 0.29) is 24.1 Å². The van der Waals surface area contributed by atoms with E-state index in [0.717, 1.165) is 24.3 Å². The van der Waals surface area contributed by atoms with Gasteiger partial charge >= 0.3 is 6.03 Å². The maximum atomic E-state index is 12.9. The molecule has 4 aliphatic rings. The van der Waals surface area contributed by atoms with Crippen LogP contribution >= 0.6 is 0 Å². The fourth-order valence-electron chi connectivity index (χ4n) is 4.35. The first-order chi connectivity index (χ1) is 13.2. The molecular weight excluding hydrogens is 350 g/mol. The number of anilines is 1. The molecule has 8 heteroatoms. The van der Waals surface area contributed by atoms with Crippen LogP contribution in [0.25, 0.3) is 0 Å². The Labute approximate surface area is 157 Å². The van der Waals surface area contributed by atoms with E-state index in [1.165, 1.54) is 0 Å². The molecule has 0 radical (unpaired) electrons. The Balaban J connectivity index is 1.21. The third kappa shape index (κ3) is 2.70. The van der Waals surface area contributed by atoms with Crippen LogP contribution < -0.4 is 14.4 Å². The lowest BCUT2D eigenvalue weighted by Gasteiger charge is -2.52. The lowest BCUT2D eigenvalue weighted by molar-refractivity contribution is -0.138. The molecule has 27 heavy (non-hydrogen) atoms. The second-order valence-electron chi connectivity index (χ2n) is 7.58. The zero-order valence-electron chi connectivity index (χ0n) is 15.2. The highest BCUT2D eigenvalue weighted by molar-refractivity contribution is 6.04. The smallest absolute Gasteiger partial charge is 0.320 e. The number of carbonyl (C=O) groups excluding carboxylic acids is 2. The SMILES string of the molecule is O=C(N1CCOCC1)N1CCC2(CC1)CN(c1ccc3c(c1)OCO3)C2=O. The number of amides is 3. The van der Waals surface area contributed by atoms with Crippen LogP contribution in [-0.4, -0.2) is 74.5 Å². The second-order valence-corrected chi connectivity index (χ2v) is 7.58. The molecule has 1 aromatic rings. The summed E-state index contributed by atoms with van der Waals surface area (Å²) in [5.41, 5.74) is 0.528. The topological polar surface area (TPSA) is 71.6 Å². The van der Waals surface area contributed by atoms with Gasteiger partial charge in [0, 0.05) is 44.5 Å². The standard InChI is InChI=1S/C19H23N3O5/c23-17-19(12-22(17)14-1-2-15-16(11-14)27-13-26-15)3-5-20(6-4-19)18(24)21-7-9-25-10-8-21/h1-2,11H,3-10,12-13H2. The number of piperidine rings is 1. The van der Waals surface area contributed by atoms with Crippen molar-refractivity contribution in [1.29, 1.82) is 0 Å². The summed E-state index contributed by atoms with van der Waals surface area (Å²) in [5.74, 6) is 1.56. The number of β-lactam (4-membered cyclic amide) rings is 1. The Hall–Kier alpha value is -2.48. The van der Waals surface area contributed by atoms with Crippen LogP contribution in [0.5, 0.6) is 11.5 Å². The summed E-state index contributed by atoms with van der Waals surface area (Å²) < 4.78 is 16.1. The predicted molar refractivity (Wildman–Crippen MR) is 95.9 cm³/mol. The van der Waals surface area contributed by atoms with Gasteiger partial charge in [-0.1, -0.05) is 0 Å². The van der Waals surface area contributed by atoms with Crippen molar-refractivity contribution in [3.8, 4) is 11.5 Å². The van der Waals surface area contributed by atoms with Crippen molar-refractivity contribution in [2.45, 2.75) is 12.8 Å². The molecule has 4 aliphatic heterocycles. The average molecular weight is 373 g/mol. The Kier molecular flexibility index (Phi) is 3.89. The minimum Gasteiger partial charge on any atom is -0.454 e. The predicted octanol–water partition coefficient (Wildman–Crippen LogP) is 1.30. The number of hydrogen-bond donors (Lipinski definition) is 0. The van der Waals surface area contributed by atoms with Gasteiger partial charge in [-0.25, -0.2) is 4.79 Å². The normalized spacial score (nSPS) is 23.6. The van der Waals surface area contributed by atoms with Crippen molar-refractivity contribution in [3.05, 3.63) is 18.2 Å². The molecule has 0 aliphatic carbocycles. The van der Waals surface area contributed by atoms with Crippen LogP contribution in [0.15, 0.2) is 18.2 Å². The Bertz CT molecular complexity index is 769. The Morgan fingerprint density at radius 2 is 1.67 bits per heavy atom. The first-order valence-electron chi connectivity index (χ1n) is 9.50. The number of nitrogens with zero attached hydrogens (tertiary/aromatic N) is 3. The number of hydrogen-bond acceptors (Lipinski definition) is 5. The fourth-order valence-corrected chi connectivity index (χ4v) is 4.35. The zero-order chi connectivity index (χ0) is 18.4. The van der Waals surface area contributed by atoms with E-state index in [1.807, 2.05) is 28.0 Å². The minimum atomic E-state index is -0.321. The number of carbonyl (C=O) groups is 2. The van der Waals surface area contributed by atoms with Crippen LogP contribution in [-0.2, 0) is 9.53 Å². The number of benzene rings is 1. The molecule has 4 heterocycles. The van der Waals surface area contributed by atoms with Gasteiger partial charge in [0.25, 0.3) is 0 Å². The number of rotatable bonds is 1. The molecule has 0 N–H and O–H groups in total. The third-order valence-electron chi connectivity index (χ3n) is 6.10. The molecule has 0 bridgehead atoms. The summed E-state index contributed by atoms with van der Waals surface area (Å²) in [5, 5.41) is 0. The van der Waals surface area contributed by atoms with E-state index in [4.69, 9.17) is 14.2 Å². The van der Waals surface area contributed by atoms with Crippen LogP contribution in [0.1, 0.15) is 12.8 Å². The van der Waals surface area contributed by atoms with Gasteiger partial charge in [0.2, 0.25) is 12.7 Å². The number of urea groups is 1. The van der Waals surface area contributed by atoms with Crippen LogP contribution in [0.3, 0.4) is 0 Å². The van der Waals surface area contributed by atoms with Crippen molar-refractivity contribution in [3.63, 3.8) is 0 Å². The lowest BCUT2D eigenvalue weighted by atomic mass is 9.71. The number of morpholine rings is 1. The van der Waals surface area contributed by atoms with Crippen molar-refractivity contribution >= 4 is 17.6 Å². The van der Waals surface area contributed by atoms with Crippen molar-refractivity contribution in [1.82, 2.24) is 9.80 Å². The third-order valence-corrected chi connectivity index (χ3v) is 6.10. The highest BCUT2D eigenvalue weighted by atomic mass is 16.7. The summed E-state index contributed by atoms with van der Waals surface area (Å²) in [7, 11) is 0. The maximum Gasteiger partial charge on any atom is 0.320 e. The van der Waals surface area contributed by atoms with E-state index < -0.39 is 0 Å². The van der Waals surface area contributed by atoms with E-state index in [2.05, 4.69) is 0 Å². The van der Waals surface area contributed by atoms with Gasteiger partial charge in [-0.05, 0) is 25.0 Å². The molecule has 3 amide bonds.